The molecule has 0 saturated carbocycles. The first-order chi connectivity index (χ1) is 9.88. The van der Waals surface area contributed by atoms with Crippen molar-refractivity contribution in [1.29, 1.82) is 0 Å². The van der Waals surface area contributed by atoms with Gasteiger partial charge >= 0.3 is 0 Å². The van der Waals surface area contributed by atoms with Gasteiger partial charge in [-0.1, -0.05) is 0 Å². The molecule has 0 amide bonds. The quantitative estimate of drug-likeness (QED) is 0.678. The third-order valence-electron chi connectivity index (χ3n) is 3.44. The molecule has 0 aliphatic rings. The van der Waals surface area contributed by atoms with E-state index < -0.39 is 10.7 Å². The van der Waals surface area contributed by atoms with Crippen molar-refractivity contribution in [1.82, 2.24) is 15.1 Å². The van der Waals surface area contributed by atoms with Crippen molar-refractivity contribution >= 4 is 5.69 Å². The van der Waals surface area contributed by atoms with Crippen LogP contribution in [0.1, 0.15) is 22.5 Å². The Morgan fingerprint density at radius 2 is 2.05 bits per heavy atom. The lowest BCUT2D eigenvalue weighted by molar-refractivity contribution is -0.385. The highest BCUT2D eigenvalue weighted by Crippen LogP contribution is 2.17. The van der Waals surface area contributed by atoms with E-state index in [-0.39, 0.29) is 5.69 Å². The van der Waals surface area contributed by atoms with Crippen LogP contribution < -0.4 is 5.32 Å². The SMILES string of the molecule is Cc1nn(C)c(C)c1CNCc1cc(F)cc([N+](=O)[O-])c1. The lowest BCUT2D eigenvalue weighted by atomic mass is 10.1. The standard InChI is InChI=1S/C14H17FN4O2/c1-9-14(10(2)18(3)17-9)8-16-7-11-4-12(15)6-13(5-11)19(20)21/h4-6,16H,7-8H2,1-3H3. The fourth-order valence-corrected chi connectivity index (χ4v) is 2.25. The van der Waals surface area contributed by atoms with E-state index in [0.717, 1.165) is 23.0 Å². The van der Waals surface area contributed by atoms with Gasteiger partial charge in [0.1, 0.15) is 5.82 Å². The molecule has 7 heteroatoms. The Morgan fingerprint density at radius 3 is 2.62 bits per heavy atom. The maximum Gasteiger partial charge on any atom is 0.272 e. The van der Waals surface area contributed by atoms with Crippen LogP contribution in [0, 0.1) is 29.8 Å². The second-order valence-corrected chi connectivity index (χ2v) is 4.95. The highest BCUT2D eigenvalue weighted by atomic mass is 19.1. The maximum absolute atomic E-state index is 13.3. The molecule has 1 aromatic carbocycles. The number of nitro benzene ring substituents is 1. The number of nitrogens with zero attached hydrogens (tertiary/aromatic N) is 3. The van der Waals surface area contributed by atoms with Gasteiger partial charge in [0.15, 0.2) is 0 Å². The van der Waals surface area contributed by atoms with E-state index in [4.69, 9.17) is 0 Å². The highest BCUT2D eigenvalue weighted by Gasteiger charge is 2.11. The molecular weight excluding hydrogens is 275 g/mol. The van der Waals surface area contributed by atoms with Crippen molar-refractivity contribution in [2.24, 2.45) is 7.05 Å². The van der Waals surface area contributed by atoms with Crippen molar-refractivity contribution in [2.75, 3.05) is 0 Å². The molecule has 21 heavy (non-hydrogen) atoms. The third kappa shape index (κ3) is 3.43. The minimum atomic E-state index is -0.602. The molecule has 0 atom stereocenters. The largest absolute Gasteiger partial charge is 0.308 e. The predicted molar refractivity (Wildman–Crippen MR) is 76.3 cm³/mol. The molecule has 0 aliphatic carbocycles. The smallest absolute Gasteiger partial charge is 0.272 e. The van der Waals surface area contributed by atoms with Crippen LogP contribution in [0.5, 0.6) is 0 Å². The molecule has 1 N–H and O–H groups in total. The summed E-state index contributed by atoms with van der Waals surface area (Å²) in [6, 6.07) is 3.58. The van der Waals surface area contributed by atoms with Gasteiger partial charge in [-0.3, -0.25) is 14.8 Å². The number of halogens is 1. The molecular formula is C14H17FN4O2. The number of hydrogen-bond donors (Lipinski definition) is 1. The van der Waals surface area contributed by atoms with E-state index in [2.05, 4.69) is 10.4 Å². The molecule has 0 fully saturated rings. The topological polar surface area (TPSA) is 73.0 Å². The molecule has 0 spiro atoms. The van der Waals surface area contributed by atoms with Gasteiger partial charge in [-0.15, -0.1) is 0 Å². The number of nitrogens with one attached hydrogen (secondary N) is 1. The number of nitro groups is 1. The highest BCUT2D eigenvalue weighted by molar-refractivity contribution is 5.35. The van der Waals surface area contributed by atoms with Crippen LogP contribution in [0.2, 0.25) is 0 Å². The van der Waals surface area contributed by atoms with E-state index >= 15 is 0 Å². The Kier molecular flexibility index (Phi) is 4.32. The summed E-state index contributed by atoms with van der Waals surface area (Å²) in [6.45, 7) is 4.84. The summed E-state index contributed by atoms with van der Waals surface area (Å²) in [5, 5.41) is 18.2. The number of hydrogen-bond acceptors (Lipinski definition) is 4. The Labute approximate surface area is 121 Å². The summed E-state index contributed by atoms with van der Waals surface area (Å²) >= 11 is 0. The van der Waals surface area contributed by atoms with Gasteiger partial charge in [-0.05, 0) is 25.5 Å². The summed E-state index contributed by atoms with van der Waals surface area (Å²) in [6.07, 6.45) is 0. The zero-order chi connectivity index (χ0) is 15.6. The zero-order valence-corrected chi connectivity index (χ0v) is 12.2. The molecule has 0 radical (unpaired) electrons. The first kappa shape index (κ1) is 15.1. The zero-order valence-electron chi connectivity index (χ0n) is 12.2. The maximum atomic E-state index is 13.3. The Bertz CT molecular complexity index is 682. The average molecular weight is 292 g/mol. The van der Waals surface area contributed by atoms with Crippen LogP contribution in [-0.2, 0) is 20.1 Å². The molecule has 0 unspecified atom stereocenters. The van der Waals surface area contributed by atoms with Crippen molar-refractivity contribution < 1.29 is 9.31 Å². The fraction of sp³-hybridized carbons (Fsp3) is 0.357. The van der Waals surface area contributed by atoms with Gasteiger partial charge in [0.25, 0.3) is 5.69 Å². The Hall–Kier alpha value is -2.28. The minimum absolute atomic E-state index is 0.236. The Morgan fingerprint density at radius 1 is 1.33 bits per heavy atom. The van der Waals surface area contributed by atoms with Gasteiger partial charge < -0.3 is 5.32 Å². The molecule has 2 rings (SSSR count). The van der Waals surface area contributed by atoms with Crippen molar-refractivity contribution in [3.63, 3.8) is 0 Å². The van der Waals surface area contributed by atoms with E-state index in [1.165, 1.54) is 12.1 Å². The molecule has 6 nitrogen and oxygen atoms in total. The summed E-state index contributed by atoms with van der Waals surface area (Å²) in [7, 11) is 1.88. The third-order valence-corrected chi connectivity index (χ3v) is 3.44. The lowest BCUT2D eigenvalue weighted by Gasteiger charge is -2.06. The summed E-state index contributed by atoms with van der Waals surface area (Å²) in [5.74, 6) is -0.602. The molecule has 0 saturated heterocycles. The van der Waals surface area contributed by atoms with E-state index in [0.29, 0.717) is 18.7 Å². The molecule has 0 aliphatic heterocycles. The van der Waals surface area contributed by atoms with Crippen LogP contribution in [0.4, 0.5) is 10.1 Å². The van der Waals surface area contributed by atoms with Gasteiger partial charge in [-0.2, -0.15) is 5.10 Å². The van der Waals surface area contributed by atoms with Gasteiger partial charge in [0.2, 0.25) is 0 Å². The van der Waals surface area contributed by atoms with Crippen LogP contribution in [0.3, 0.4) is 0 Å². The molecule has 0 bridgehead atoms. The normalized spacial score (nSPS) is 10.9. The van der Waals surface area contributed by atoms with Crippen LogP contribution >= 0.6 is 0 Å². The van der Waals surface area contributed by atoms with E-state index in [1.807, 2.05) is 20.9 Å². The lowest BCUT2D eigenvalue weighted by Crippen LogP contribution is -2.14. The number of aromatic nitrogens is 2. The first-order valence-electron chi connectivity index (χ1n) is 6.52. The van der Waals surface area contributed by atoms with Crippen molar-refractivity contribution in [3.05, 3.63) is 56.6 Å². The van der Waals surface area contributed by atoms with E-state index in [9.17, 15) is 14.5 Å². The van der Waals surface area contributed by atoms with Gasteiger partial charge in [-0.25, -0.2) is 4.39 Å². The average Bonchev–Trinajstić information content (AvgIpc) is 2.64. The van der Waals surface area contributed by atoms with Crippen LogP contribution in [0.15, 0.2) is 18.2 Å². The molecule has 2 aromatic rings. The Balaban J connectivity index is 2.05. The van der Waals surface area contributed by atoms with Gasteiger partial charge in [0, 0.05) is 37.5 Å². The molecule has 112 valence electrons. The molecule has 1 aromatic heterocycles. The molecule has 1 heterocycles. The second-order valence-electron chi connectivity index (χ2n) is 4.95. The number of non-ortho nitro benzene ring substituents is 1. The fourth-order valence-electron chi connectivity index (χ4n) is 2.25. The van der Waals surface area contributed by atoms with Crippen molar-refractivity contribution in [2.45, 2.75) is 26.9 Å². The number of benzene rings is 1. The van der Waals surface area contributed by atoms with E-state index in [1.54, 1.807) is 4.68 Å². The summed E-state index contributed by atoms with van der Waals surface area (Å²) in [5.41, 5.74) is 3.39. The summed E-state index contributed by atoms with van der Waals surface area (Å²) < 4.78 is 15.1. The number of rotatable bonds is 5. The van der Waals surface area contributed by atoms with Gasteiger partial charge in [0.05, 0.1) is 16.7 Å². The minimum Gasteiger partial charge on any atom is -0.308 e. The number of aryl methyl sites for hydroxylation is 2. The monoisotopic (exact) mass is 292 g/mol. The van der Waals surface area contributed by atoms with Crippen LogP contribution in [-0.4, -0.2) is 14.7 Å². The summed E-state index contributed by atoms with van der Waals surface area (Å²) in [4.78, 5) is 10.1. The van der Waals surface area contributed by atoms with Crippen LogP contribution in [0.25, 0.3) is 0 Å². The predicted octanol–water partition coefficient (Wildman–Crippen LogP) is 2.37. The second kappa shape index (κ2) is 6.01. The first-order valence-corrected chi connectivity index (χ1v) is 6.52. The van der Waals surface area contributed by atoms with Crippen molar-refractivity contribution in [3.8, 4) is 0 Å².